The van der Waals surface area contributed by atoms with Gasteiger partial charge < -0.3 is 14.4 Å². The van der Waals surface area contributed by atoms with Crippen LogP contribution >= 0.6 is 11.3 Å². The van der Waals surface area contributed by atoms with Gasteiger partial charge in [-0.05, 0) is 58.3 Å². The lowest BCUT2D eigenvalue weighted by atomic mass is 9.80. The van der Waals surface area contributed by atoms with Crippen molar-refractivity contribution in [1.29, 1.82) is 5.26 Å². The van der Waals surface area contributed by atoms with Gasteiger partial charge >= 0.3 is 6.09 Å². The number of likely N-dealkylation sites (tertiary alicyclic amines) is 1. The van der Waals surface area contributed by atoms with E-state index >= 15 is 8.78 Å². The zero-order valence-corrected chi connectivity index (χ0v) is 25.7. The first-order valence-electron chi connectivity index (χ1n) is 14.5. The number of fused-ring (bicyclic) bond motifs is 4. The molecule has 1 amide bonds. The lowest BCUT2D eigenvalue weighted by Gasteiger charge is -2.57. The second-order valence-corrected chi connectivity index (χ2v) is 13.8. The summed E-state index contributed by atoms with van der Waals surface area (Å²) < 4.78 is 43.1. The molecule has 3 aliphatic rings. The Morgan fingerprint density at radius 2 is 1.95 bits per heavy atom. The summed E-state index contributed by atoms with van der Waals surface area (Å²) in [4.78, 5) is 30.7. The monoisotopic (exact) mass is 619 g/mol. The summed E-state index contributed by atoms with van der Waals surface area (Å²) >= 11 is 0.869. The Hall–Kier alpha value is -3.99. The third kappa shape index (κ3) is 4.55. The van der Waals surface area contributed by atoms with E-state index in [1.165, 1.54) is 12.8 Å². The van der Waals surface area contributed by atoms with Crippen molar-refractivity contribution in [3.8, 4) is 17.3 Å². The second kappa shape index (κ2) is 10.3. The number of hydrogen-bond donors (Lipinski definition) is 1. The topological polar surface area (TPSA) is 116 Å². The minimum absolute atomic E-state index is 0.0316. The fourth-order valence-electron chi connectivity index (χ4n) is 6.59. The van der Waals surface area contributed by atoms with Gasteiger partial charge in [0.05, 0.1) is 40.9 Å². The maximum atomic E-state index is 16.8. The average Bonchev–Trinajstić information content (AvgIpc) is 3.58. The van der Waals surface area contributed by atoms with Crippen LogP contribution in [0, 0.1) is 23.0 Å². The summed E-state index contributed by atoms with van der Waals surface area (Å²) in [7, 11) is 2.15. The van der Waals surface area contributed by atoms with Gasteiger partial charge in [0.25, 0.3) is 0 Å². The van der Waals surface area contributed by atoms with Crippen molar-refractivity contribution in [3.63, 3.8) is 0 Å². The number of ether oxygens (including phenoxy) is 2. The van der Waals surface area contributed by atoms with E-state index in [-0.39, 0.29) is 56.2 Å². The van der Waals surface area contributed by atoms with Gasteiger partial charge in [-0.25, -0.2) is 23.5 Å². The molecule has 3 aliphatic heterocycles. The number of aromatic nitrogens is 3. The third-order valence-electron chi connectivity index (χ3n) is 8.77. The number of likely N-dealkylation sites (N-methyl/N-ethyl adjacent to an activating group) is 1. The number of hydrogen-bond acceptors (Lipinski definition) is 10. The number of carbonyl (C=O) groups is 1. The zero-order chi connectivity index (χ0) is 31.0. The van der Waals surface area contributed by atoms with Crippen molar-refractivity contribution >= 4 is 49.4 Å². The molecule has 6 heterocycles. The first-order chi connectivity index (χ1) is 21.0. The fraction of sp³-hybridized carbons (Fsp3) is 0.452. The summed E-state index contributed by atoms with van der Waals surface area (Å²) in [5.74, 6) is -0.893. The number of anilines is 2. The Balaban J connectivity index is 1.35. The number of carbonyl (C=O) groups excluding carboxylic acids is 1. The summed E-state index contributed by atoms with van der Waals surface area (Å²) in [5.41, 5.74) is 0.857. The normalized spacial score (nSPS) is 18.0. The van der Waals surface area contributed by atoms with Gasteiger partial charge in [-0.15, -0.1) is 11.3 Å². The molecule has 13 heteroatoms. The number of amides is 1. The van der Waals surface area contributed by atoms with Crippen molar-refractivity contribution in [2.75, 3.05) is 36.9 Å². The van der Waals surface area contributed by atoms with E-state index in [4.69, 9.17) is 14.5 Å². The third-order valence-corrected chi connectivity index (χ3v) is 9.88. The summed E-state index contributed by atoms with van der Waals surface area (Å²) in [5, 5.41) is 13.5. The van der Waals surface area contributed by atoms with Gasteiger partial charge in [-0.2, -0.15) is 5.26 Å². The highest BCUT2D eigenvalue weighted by atomic mass is 32.1. The van der Waals surface area contributed by atoms with Crippen LogP contribution in [0.3, 0.4) is 0 Å². The molecule has 10 nitrogen and oxygen atoms in total. The average molecular weight is 620 g/mol. The molecule has 0 aliphatic carbocycles. The molecule has 1 N–H and O–H groups in total. The van der Waals surface area contributed by atoms with Crippen LogP contribution in [0.5, 0.6) is 0 Å². The molecule has 3 aromatic heterocycles. The summed E-state index contributed by atoms with van der Waals surface area (Å²) in [6.07, 6.45) is 5.34. The van der Waals surface area contributed by atoms with Gasteiger partial charge in [0.2, 0.25) is 5.95 Å². The van der Waals surface area contributed by atoms with E-state index in [2.05, 4.69) is 38.2 Å². The Labute approximate surface area is 256 Å². The van der Waals surface area contributed by atoms with E-state index in [9.17, 15) is 10.1 Å². The Morgan fingerprint density at radius 3 is 2.68 bits per heavy atom. The van der Waals surface area contributed by atoms with Crippen LogP contribution in [-0.2, 0) is 22.7 Å². The van der Waals surface area contributed by atoms with Gasteiger partial charge in [0.1, 0.15) is 22.2 Å². The maximum Gasteiger partial charge on any atom is 0.412 e. The second-order valence-electron chi connectivity index (χ2n) is 12.7. The van der Waals surface area contributed by atoms with Crippen molar-refractivity contribution in [2.45, 2.75) is 64.4 Å². The standard InChI is InChI=1S/C31H31F2N7O3S/c1-30(2,3)43-29(41)38-27-16(9-34)22-25(35-11-20(32)26(22)44-27)21-19-13-42-12-18(19)17-10-36-28(37-24(17)23(21)33)40-14-31(15-40)7-5-6-8-39(31)4/h10-11H,5-8,12-15H2,1-4H3,(H,38,41). The first kappa shape index (κ1) is 28.8. The number of nitrogens with zero attached hydrogens (tertiary/aromatic N) is 6. The molecule has 2 saturated heterocycles. The predicted molar refractivity (Wildman–Crippen MR) is 163 cm³/mol. The van der Waals surface area contributed by atoms with Gasteiger partial charge in [0, 0.05) is 35.6 Å². The minimum atomic E-state index is -0.793. The van der Waals surface area contributed by atoms with Crippen molar-refractivity contribution in [3.05, 3.63) is 40.7 Å². The number of nitriles is 1. The molecule has 2 fully saturated rings. The van der Waals surface area contributed by atoms with Gasteiger partial charge in [0.15, 0.2) is 11.6 Å². The first-order valence-corrected chi connectivity index (χ1v) is 15.4. The predicted octanol–water partition coefficient (Wildman–Crippen LogP) is 6.11. The highest BCUT2D eigenvalue weighted by Crippen LogP contribution is 2.46. The van der Waals surface area contributed by atoms with Crippen LogP contribution in [0.25, 0.3) is 32.2 Å². The highest BCUT2D eigenvalue weighted by Gasteiger charge is 2.48. The van der Waals surface area contributed by atoms with Crippen LogP contribution in [0.2, 0.25) is 0 Å². The molecule has 0 radical (unpaired) electrons. The van der Waals surface area contributed by atoms with E-state index in [0.717, 1.165) is 49.2 Å². The number of rotatable bonds is 3. The Kier molecular flexibility index (Phi) is 6.73. The summed E-state index contributed by atoms with van der Waals surface area (Å²) in [6.45, 7) is 8.05. The van der Waals surface area contributed by atoms with Gasteiger partial charge in [-0.1, -0.05) is 6.42 Å². The molecule has 0 saturated carbocycles. The molecular weight excluding hydrogens is 588 g/mol. The number of pyridine rings is 1. The molecule has 1 spiro atoms. The molecule has 0 unspecified atom stereocenters. The number of halogens is 2. The SMILES string of the molecule is CN1CCCCC12CN(c1ncc3c4c(c(-c5ncc(F)c6sc(NC(=O)OC(C)(C)C)c(C#N)c56)c(F)c3n1)COC4)C2. The smallest absolute Gasteiger partial charge is 0.412 e. The molecular formula is C31H31F2N7O3S. The van der Waals surface area contributed by atoms with Crippen LogP contribution in [0.15, 0.2) is 12.4 Å². The van der Waals surface area contributed by atoms with E-state index in [0.29, 0.717) is 16.9 Å². The molecule has 44 heavy (non-hydrogen) atoms. The number of benzene rings is 1. The number of thiophene rings is 1. The Bertz CT molecular complexity index is 1890. The molecule has 4 aromatic rings. The Morgan fingerprint density at radius 1 is 1.18 bits per heavy atom. The lowest BCUT2D eigenvalue weighted by Crippen LogP contribution is -2.71. The van der Waals surface area contributed by atoms with E-state index in [1.54, 1.807) is 27.0 Å². The molecule has 7 rings (SSSR count). The van der Waals surface area contributed by atoms with Crippen LogP contribution in [-0.4, -0.2) is 63.8 Å². The molecule has 1 aromatic carbocycles. The van der Waals surface area contributed by atoms with Crippen molar-refractivity contribution < 1.29 is 23.0 Å². The van der Waals surface area contributed by atoms with Crippen LogP contribution in [0.1, 0.15) is 56.7 Å². The molecule has 0 atom stereocenters. The van der Waals surface area contributed by atoms with Crippen LogP contribution in [0.4, 0.5) is 24.5 Å². The summed E-state index contributed by atoms with van der Waals surface area (Å²) in [6, 6.07) is 2.06. The van der Waals surface area contributed by atoms with E-state index < -0.39 is 23.3 Å². The molecule has 228 valence electrons. The van der Waals surface area contributed by atoms with Gasteiger partial charge in [-0.3, -0.25) is 15.2 Å². The van der Waals surface area contributed by atoms with E-state index in [1.807, 2.05) is 0 Å². The minimum Gasteiger partial charge on any atom is -0.444 e. The highest BCUT2D eigenvalue weighted by molar-refractivity contribution is 7.23. The largest absolute Gasteiger partial charge is 0.444 e. The maximum absolute atomic E-state index is 16.8. The number of piperidine rings is 1. The number of nitrogens with one attached hydrogen (secondary N) is 1. The quantitative estimate of drug-likeness (QED) is 0.290. The fourth-order valence-corrected chi connectivity index (χ4v) is 7.63. The molecule has 0 bridgehead atoms. The lowest BCUT2D eigenvalue weighted by molar-refractivity contribution is 0.0449. The van der Waals surface area contributed by atoms with Crippen molar-refractivity contribution in [1.82, 2.24) is 19.9 Å². The van der Waals surface area contributed by atoms with Crippen LogP contribution < -0.4 is 10.2 Å². The van der Waals surface area contributed by atoms with Crippen molar-refractivity contribution in [2.24, 2.45) is 0 Å². The zero-order valence-electron chi connectivity index (χ0n) is 24.9.